The summed E-state index contributed by atoms with van der Waals surface area (Å²) in [5.74, 6) is -0.303. The minimum absolute atomic E-state index is 0.0310. The average molecular weight is 406 g/mol. The fourth-order valence-electron chi connectivity index (χ4n) is 4.28. The van der Waals surface area contributed by atoms with Crippen LogP contribution >= 0.6 is 11.6 Å². The Balaban J connectivity index is 2.05. The van der Waals surface area contributed by atoms with Gasteiger partial charge in [0.05, 0.1) is 5.60 Å². The topological polar surface area (TPSA) is 41.5 Å². The van der Waals surface area contributed by atoms with Crippen molar-refractivity contribution in [1.29, 1.82) is 0 Å². The standard InChI is InChI=1S/C23H29ClFNO2/c1-28-14-3-2-12-23(27,18-8-6-13-26-16-18)20-10-5-11-21(25)22(20)17-7-4-9-19(24)15-17/h4-5,7,9-11,15,18,26-27H,2-3,6,8,12-14,16H2,1H3/t18-,23+/m1/s1. The number of piperidine rings is 1. The summed E-state index contributed by atoms with van der Waals surface area (Å²) in [4.78, 5) is 0. The highest BCUT2D eigenvalue weighted by Gasteiger charge is 2.40. The third-order valence-corrected chi connectivity index (χ3v) is 5.96. The van der Waals surface area contributed by atoms with Crippen LogP contribution in [0.4, 0.5) is 4.39 Å². The number of hydrogen-bond acceptors (Lipinski definition) is 3. The van der Waals surface area contributed by atoms with Crippen LogP contribution in [-0.4, -0.2) is 31.9 Å². The molecule has 0 aromatic heterocycles. The molecule has 1 fully saturated rings. The van der Waals surface area contributed by atoms with Gasteiger partial charge in [0.2, 0.25) is 0 Å². The number of halogens is 2. The Labute approximate surface area is 171 Å². The van der Waals surface area contributed by atoms with Gasteiger partial charge in [-0.25, -0.2) is 4.39 Å². The normalized spacial score (nSPS) is 19.4. The van der Waals surface area contributed by atoms with Crippen LogP contribution in [0.1, 0.15) is 37.7 Å². The molecule has 0 amide bonds. The van der Waals surface area contributed by atoms with Gasteiger partial charge in [-0.05, 0) is 68.0 Å². The summed E-state index contributed by atoms with van der Waals surface area (Å²) in [7, 11) is 1.68. The molecule has 1 heterocycles. The summed E-state index contributed by atoms with van der Waals surface area (Å²) >= 11 is 6.17. The van der Waals surface area contributed by atoms with Crippen molar-refractivity contribution in [2.75, 3.05) is 26.8 Å². The zero-order valence-corrected chi connectivity index (χ0v) is 17.1. The van der Waals surface area contributed by atoms with E-state index in [2.05, 4.69) is 5.32 Å². The number of aliphatic hydroxyl groups is 1. The van der Waals surface area contributed by atoms with Gasteiger partial charge < -0.3 is 15.2 Å². The smallest absolute Gasteiger partial charge is 0.131 e. The number of rotatable bonds is 8. The van der Waals surface area contributed by atoms with Crippen molar-refractivity contribution in [1.82, 2.24) is 5.32 Å². The summed E-state index contributed by atoms with van der Waals surface area (Å²) in [5, 5.41) is 15.9. The van der Waals surface area contributed by atoms with E-state index < -0.39 is 5.60 Å². The second-order valence-corrected chi connectivity index (χ2v) is 8.03. The van der Waals surface area contributed by atoms with Crippen molar-refractivity contribution in [3.05, 3.63) is 58.9 Å². The van der Waals surface area contributed by atoms with Gasteiger partial charge in [-0.2, -0.15) is 0 Å². The molecular weight excluding hydrogens is 377 g/mol. The lowest BCUT2D eigenvalue weighted by Crippen LogP contribution is -2.44. The van der Waals surface area contributed by atoms with Crippen LogP contribution in [0.3, 0.4) is 0 Å². The quantitative estimate of drug-likeness (QED) is 0.597. The molecule has 1 aliphatic rings. The molecule has 5 heteroatoms. The lowest BCUT2D eigenvalue weighted by atomic mass is 9.72. The fourth-order valence-corrected chi connectivity index (χ4v) is 4.47. The molecule has 0 aliphatic carbocycles. The monoisotopic (exact) mass is 405 g/mol. The van der Waals surface area contributed by atoms with Crippen molar-refractivity contribution in [2.45, 2.75) is 37.7 Å². The molecule has 2 N–H and O–H groups in total. The first-order valence-corrected chi connectivity index (χ1v) is 10.4. The van der Waals surface area contributed by atoms with Crippen LogP contribution in [0.25, 0.3) is 11.1 Å². The van der Waals surface area contributed by atoms with E-state index in [0.717, 1.165) is 38.8 Å². The largest absolute Gasteiger partial charge is 0.385 e. The number of nitrogens with one attached hydrogen (secondary N) is 1. The molecule has 2 aromatic rings. The Morgan fingerprint density at radius 1 is 1.25 bits per heavy atom. The Kier molecular flexibility index (Phi) is 7.47. The maximum Gasteiger partial charge on any atom is 0.131 e. The SMILES string of the molecule is COCCCC[C@@](O)(c1cccc(F)c1-c1cccc(Cl)c1)[C@@H]1CCCNC1. The van der Waals surface area contributed by atoms with Crippen LogP contribution in [0, 0.1) is 11.7 Å². The first kappa shape index (κ1) is 21.3. The van der Waals surface area contributed by atoms with Gasteiger partial charge in [0, 0.05) is 36.8 Å². The van der Waals surface area contributed by atoms with Crippen molar-refractivity contribution < 1.29 is 14.2 Å². The molecule has 0 radical (unpaired) electrons. The van der Waals surface area contributed by atoms with E-state index in [-0.39, 0.29) is 11.7 Å². The Bertz CT molecular complexity index is 779. The van der Waals surface area contributed by atoms with Crippen LogP contribution in [0.15, 0.2) is 42.5 Å². The van der Waals surface area contributed by atoms with E-state index in [0.29, 0.717) is 34.7 Å². The summed E-state index contributed by atoms with van der Waals surface area (Å²) in [6.07, 6.45) is 4.17. The molecule has 0 spiro atoms. The maximum absolute atomic E-state index is 15.0. The average Bonchev–Trinajstić information content (AvgIpc) is 2.71. The Hall–Kier alpha value is -1.46. The summed E-state index contributed by atoms with van der Waals surface area (Å²) in [5.41, 5.74) is 0.686. The number of hydrogen-bond donors (Lipinski definition) is 2. The number of benzene rings is 2. The Morgan fingerprint density at radius 2 is 2.07 bits per heavy atom. The lowest BCUT2D eigenvalue weighted by molar-refractivity contribution is -0.0431. The summed E-state index contributed by atoms with van der Waals surface area (Å²) in [6, 6.07) is 12.2. The van der Waals surface area contributed by atoms with Crippen molar-refractivity contribution in [2.24, 2.45) is 5.92 Å². The predicted molar refractivity (Wildman–Crippen MR) is 112 cm³/mol. The minimum atomic E-state index is -1.11. The second-order valence-electron chi connectivity index (χ2n) is 7.59. The third-order valence-electron chi connectivity index (χ3n) is 5.72. The highest BCUT2D eigenvalue weighted by Crippen LogP contribution is 2.43. The summed E-state index contributed by atoms with van der Waals surface area (Å²) in [6.45, 7) is 2.34. The number of methoxy groups -OCH3 is 1. The van der Waals surface area contributed by atoms with E-state index in [9.17, 15) is 5.11 Å². The van der Waals surface area contributed by atoms with Crippen molar-refractivity contribution >= 4 is 11.6 Å². The second kappa shape index (κ2) is 9.84. The minimum Gasteiger partial charge on any atom is -0.385 e. The molecule has 2 aromatic carbocycles. The highest BCUT2D eigenvalue weighted by atomic mass is 35.5. The predicted octanol–water partition coefficient (Wildman–Crippen LogP) is 5.15. The van der Waals surface area contributed by atoms with Gasteiger partial charge in [0.25, 0.3) is 0 Å². The molecule has 0 unspecified atom stereocenters. The molecule has 2 atom stereocenters. The fraction of sp³-hybridized carbons (Fsp3) is 0.478. The highest BCUT2D eigenvalue weighted by molar-refractivity contribution is 6.30. The molecule has 28 heavy (non-hydrogen) atoms. The van der Waals surface area contributed by atoms with Crippen molar-refractivity contribution in [3.63, 3.8) is 0 Å². The summed E-state index contributed by atoms with van der Waals surface area (Å²) < 4.78 is 20.2. The van der Waals surface area contributed by atoms with E-state index >= 15 is 4.39 Å². The van der Waals surface area contributed by atoms with Crippen LogP contribution < -0.4 is 5.32 Å². The van der Waals surface area contributed by atoms with Gasteiger partial charge in [0.1, 0.15) is 5.82 Å². The molecule has 0 bridgehead atoms. The van der Waals surface area contributed by atoms with Gasteiger partial charge in [0.15, 0.2) is 0 Å². The molecular formula is C23H29ClFNO2. The van der Waals surface area contributed by atoms with Gasteiger partial charge >= 0.3 is 0 Å². The van der Waals surface area contributed by atoms with Gasteiger partial charge in [-0.15, -0.1) is 0 Å². The molecule has 1 aliphatic heterocycles. The van der Waals surface area contributed by atoms with E-state index in [1.807, 2.05) is 18.2 Å². The first-order valence-electron chi connectivity index (χ1n) is 10.0. The Morgan fingerprint density at radius 3 is 2.79 bits per heavy atom. The maximum atomic E-state index is 15.0. The van der Waals surface area contributed by atoms with Gasteiger partial charge in [-0.1, -0.05) is 35.9 Å². The number of unbranched alkanes of at least 4 members (excludes halogenated alkanes) is 1. The zero-order chi connectivity index (χ0) is 20.0. The van der Waals surface area contributed by atoms with E-state index in [4.69, 9.17) is 16.3 Å². The number of ether oxygens (including phenoxy) is 1. The molecule has 3 rings (SSSR count). The van der Waals surface area contributed by atoms with Gasteiger partial charge in [-0.3, -0.25) is 0 Å². The van der Waals surface area contributed by atoms with Crippen molar-refractivity contribution in [3.8, 4) is 11.1 Å². The third kappa shape index (κ3) is 4.74. The first-order chi connectivity index (χ1) is 13.6. The molecule has 3 nitrogen and oxygen atoms in total. The van der Waals surface area contributed by atoms with E-state index in [1.165, 1.54) is 6.07 Å². The zero-order valence-electron chi connectivity index (χ0n) is 16.4. The van der Waals surface area contributed by atoms with Crippen LogP contribution in [-0.2, 0) is 10.3 Å². The molecule has 0 saturated carbocycles. The molecule has 152 valence electrons. The lowest BCUT2D eigenvalue weighted by Gasteiger charge is -2.40. The van der Waals surface area contributed by atoms with Crippen LogP contribution in [0.5, 0.6) is 0 Å². The molecule has 1 saturated heterocycles. The van der Waals surface area contributed by atoms with Crippen LogP contribution in [0.2, 0.25) is 5.02 Å². The van der Waals surface area contributed by atoms with E-state index in [1.54, 1.807) is 25.3 Å².